The van der Waals surface area contributed by atoms with Gasteiger partial charge in [-0.25, -0.2) is 0 Å². The average molecular weight is 382 g/mol. The minimum absolute atomic E-state index is 0.0739. The minimum atomic E-state index is -0.958. The summed E-state index contributed by atoms with van der Waals surface area (Å²) in [7, 11) is 0. The molecule has 9 heteroatoms. The molecule has 2 rings (SSSR count). The van der Waals surface area contributed by atoms with Gasteiger partial charge in [0.2, 0.25) is 16.8 Å². The molecule has 0 fully saturated rings. The highest BCUT2D eigenvalue weighted by molar-refractivity contribution is 7.15. The molecular formula is C16H16ClN3O4S. The molecule has 2 aromatic rings. The Morgan fingerprint density at radius 2 is 2.04 bits per heavy atom. The number of Topliss-reactive ketones (excluding diaryl/α,β-unsaturated/α-hetero) is 1. The van der Waals surface area contributed by atoms with Crippen LogP contribution in [0.2, 0.25) is 5.02 Å². The lowest BCUT2D eigenvalue weighted by molar-refractivity contribution is -0.147. The highest BCUT2D eigenvalue weighted by atomic mass is 35.5. The van der Waals surface area contributed by atoms with E-state index in [0.717, 1.165) is 5.01 Å². The summed E-state index contributed by atoms with van der Waals surface area (Å²) < 4.78 is 5.07. The van der Waals surface area contributed by atoms with E-state index < -0.39 is 12.1 Å². The van der Waals surface area contributed by atoms with Crippen LogP contribution < -0.4 is 5.32 Å². The number of rotatable bonds is 7. The van der Waals surface area contributed by atoms with Crippen molar-refractivity contribution in [2.75, 3.05) is 5.32 Å². The molecule has 1 atom stereocenters. The highest BCUT2D eigenvalue weighted by Gasteiger charge is 2.20. The van der Waals surface area contributed by atoms with Crippen LogP contribution in [-0.4, -0.2) is 34.0 Å². The second kappa shape index (κ2) is 8.68. The van der Waals surface area contributed by atoms with Gasteiger partial charge < -0.3 is 10.1 Å². The Balaban J connectivity index is 1.79. The Morgan fingerprint density at radius 1 is 1.28 bits per heavy atom. The van der Waals surface area contributed by atoms with Crippen LogP contribution >= 0.6 is 22.9 Å². The van der Waals surface area contributed by atoms with Crippen molar-refractivity contribution in [2.45, 2.75) is 32.8 Å². The van der Waals surface area contributed by atoms with Crippen molar-refractivity contribution in [2.24, 2.45) is 0 Å². The fourth-order valence-electron chi connectivity index (χ4n) is 1.93. The number of amides is 1. The van der Waals surface area contributed by atoms with E-state index in [1.807, 2.05) is 0 Å². The number of carbonyl (C=O) groups excluding carboxylic acids is 3. The standard InChI is InChI=1S/C16H16ClN3O4S/c1-9(15(23)11-4-3-5-12(17)8-11)24-14(22)7-6-13(21)18-16-20-19-10(2)25-16/h3-5,8-9H,6-7H2,1-2H3,(H,18,20,21)/t9-/m0/s1. The lowest BCUT2D eigenvalue weighted by Gasteiger charge is -2.12. The third-order valence-corrected chi connectivity index (χ3v) is 4.10. The number of aryl methyl sites for hydroxylation is 1. The molecule has 1 aromatic heterocycles. The predicted octanol–water partition coefficient (Wildman–Crippen LogP) is 3.03. The maximum atomic E-state index is 12.2. The third kappa shape index (κ3) is 5.91. The predicted molar refractivity (Wildman–Crippen MR) is 93.8 cm³/mol. The average Bonchev–Trinajstić information content (AvgIpc) is 2.97. The summed E-state index contributed by atoms with van der Waals surface area (Å²) in [5, 5.41) is 11.6. The number of carbonyl (C=O) groups is 3. The highest BCUT2D eigenvalue weighted by Crippen LogP contribution is 2.15. The third-order valence-electron chi connectivity index (χ3n) is 3.12. The molecule has 0 aliphatic rings. The Morgan fingerprint density at radius 3 is 2.68 bits per heavy atom. The lowest BCUT2D eigenvalue weighted by Crippen LogP contribution is -2.25. The largest absolute Gasteiger partial charge is 0.454 e. The quantitative estimate of drug-likeness (QED) is 0.584. The van der Waals surface area contributed by atoms with Gasteiger partial charge in [0.05, 0.1) is 6.42 Å². The summed E-state index contributed by atoms with van der Waals surface area (Å²) in [6, 6.07) is 6.39. The number of nitrogens with one attached hydrogen (secondary N) is 1. The van der Waals surface area contributed by atoms with Crippen molar-refractivity contribution in [1.82, 2.24) is 10.2 Å². The maximum absolute atomic E-state index is 12.2. The first-order valence-corrected chi connectivity index (χ1v) is 8.64. The molecule has 0 aliphatic heterocycles. The van der Waals surface area contributed by atoms with Crippen LogP contribution in [0, 0.1) is 6.92 Å². The van der Waals surface area contributed by atoms with Crippen molar-refractivity contribution in [3.8, 4) is 0 Å². The number of nitrogens with zero attached hydrogens (tertiary/aromatic N) is 2. The summed E-state index contributed by atoms with van der Waals surface area (Å²) in [5.41, 5.74) is 0.359. The molecule has 132 valence electrons. The van der Waals surface area contributed by atoms with Crippen LogP contribution in [0.25, 0.3) is 0 Å². The van der Waals surface area contributed by atoms with E-state index >= 15 is 0 Å². The molecule has 25 heavy (non-hydrogen) atoms. The summed E-state index contributed by atoms with van der Waals surface area (Å²) in [6.45, 7) is 3.24. The van der Waals surface area contributed by atoms with E-state index in [9.17, 15) is 14.4 Å². The number of ketones is 1. The Kier molecular flexibility index (Phi) is 6.60. The first-order valence-electron chi connectivity index (χ1n) is 7.44. The zero-order valence-electron chi connectivity index (χ0n) is 13.6. The lowest BCUT2D eigenvalue weighted by atomic mass is 10.1. The fourth-order valence-corrected chi connectivity index (χ4v) is 2.73. The second-order valence-corrected chi connectivity index (χ2v) is 6.80. The van der Waals surface area contributed by atoms with Crippen LogP contribution in [0.3, 0.4) is 0 Å². The summed E-state index contributed by atoms with van der Waals surface area (Å²) in [6.07, 6.45) is -1.17. The number of hydrogen-bond donors (Lipinski definition) is 1. The number of hydrogen-bond acceptors (Lipinski definition) is 7. The Bertz CT molecular complexity index is 793. The number of anilines is 1. The van der Waals surface area contributed by atoms with Gasteiger partial charge in [0.15, 0.2) is 6.10 Å². The van der Waals surface area contributed by atoms with Crippen LogP contribution in [0.5, 0.6) is 0 Å². The van der Waals surface area contributed by atoms with Crippen molar-refractivity contribution < 1.29 is 19.1 Å². The van der Waals surface area contributed by atoms with Crippen molar-refractivity contribution >= 4 is 45.7 Å². The van der Waals surface area contributed by atoms with Gasteiger partial charge in [-0.05, 0) is 26.0 Å². The van der Waals surface area contributed by atoms with E-state index in [2.05, 4.69) is 15.5 Å². The first-order chi connectivity index (χ1) is 11.8. The van der Waals surface area contributed by atoms with E-state index in [1.165, 1.54) is 24.3 Å². The Hall–Kier alpha value is -2.32. The molecule has 0 spiro atoms. The van der Waals surface area contributed by atoms with E-state index in [0.29, 0.717) is 15.7 Å². The van der Waals surface area contributed by atoms with Gasteiger partial charge in [0.25, 0.3) is 0 Å². The minimum Gasteiger partial charge on any atom is -0.454 e. The van der Waals surface area contributed by atoms with Crippen LogP contribution in [0.15, 0.2) is 24.3 Å². The van der Waals surface area contributed by atoms with Crippen LogP contribution in [-0.2, 0) is 14.3 Å². The van der Waals surface area contributed by atoms with Crippen molar-refractivity contribution in [3.63, 3.8) is 0 Å². The normalized spacial score (nSPS) is 11.6. The first kappa shape index (κ1) is 19.0. The number of aromatic nitrogens is 2. The van der Waals surface area contributed by atoms with Gasteiger partial charge in [-0.15, -0.1) is 10.2 Å². The molecule has 0 aliphatic carbocycles. The molecule has 7 nitrogen and oxygen atoms in total. The van der Waals surface area contributed by atoms with E-state index in [1.54, 1.807) is 25.1 Å². The van der Waals surface area contributed by atoms with Gasteiger partial charge in [0.1, 0.15) is 5.01 Å². The Labute approximate surface area is 153 Å². The fraction of sp³-hybridized carbons (Fsp3) is 0.312. The molecule has 0 bridgehead atoms. The number of esters is 1. The van der Waals surface area contributed by atoms with Gasteiger partial charge in [-0.1, -0.05) is 35.1 Å². The summed E-state index contributed by atoms with van der Waals surface area (Å²) in [5.74, 6) is -1.36. The molecule has 0 saturated carbocycles. The molecule has 1 heterocycles. The van der Waals surface area contributed by atoms with E-state index in [4.69, 9.17) is 16.3 Å². The van der Waals surface area contributed by atoms with Crippen molar-refractivity contribution in [1.29, 1.82) is 0 Å². The zero-order chi connectivity index (χ0) is 18.4. The molecule has 0 unspecified atom stereocenters. The summed E-state index contributed by atoms with van der Waals surface area (Å²) in [4.78, 5) is 35.7. The monoisotopic (exact) mass is 381 g/mol. The molecule has 1 amide bonds. The second-order valence-electron chi connectivity index (χ2n) is 5.18. The van der Waals surface area contributed by atoms with Gasteiger partial charge in [0, 0.05) is 17.0 Å². The summed E-state index contributed by atoms with van der Waals surface area (Å²) >= 11 is 7.08. The maximum Gasteiger partial charge on any atom is 0.307 e. The number of halogens is 1. The van der Waals surface area contributed by atoms with E-state index in [-0.39, 0.29) is 24.5 Å². The van der Waals surface area contributed by atoms with Crippen LogP contribution in [0.1, 0.15) is 35.1 Å². The zero-order valence-corrected chi connectivity index (χ0v) is 15.2. The van der Waals surface area contributed by atoms with Gasteiger partial charge in [-0.2, -0.15) is 0 Å². The molecule has 0 saturated heterocycles. The van der Waals surface area contributed by atoms with Crippen LogP contribution in [0.4, 0.5) is 5.13 Å². The van der Waals surface area contributed by atoms with Gasteiger partial charge in [-0.3, -0.25) is 14.4 Å². The molecule has 0 radical (unpaired) electrons. The topological polar surface area (TPSA) is 98.2 Å². The molecule has 1 aromatic carbocycles. The SMILES string of the molecule is Cc1nnc(NC(=O)CCC(=O)O[C@@H](C)C(=O)c2cccc(Cl)c2)s1. The van der Waals surface area contributed by atoms with Crippen molar-refractivity contribution in [3.05, 3.63) is 39.9 Å². The van der Waals surface area contributed by atoms with Gasteiger partial charge >= 0.3 is 5.97 Å². The number of ether oxygens (including phenoxy) is 1. The number of benzene rings is 1. The molecular weight excluding hydrogens is 366 g/mol. The molecule has 1 N–H and O–H groups in total. The smallest absolute Gasteiger partial charge is 0.307 e.